The molecule has 160 valence electrons. The third-order valence-corrected chi connectivity index (χ3v) is 5.36. The molecule has 1 aliphatic rings. The van der Waals surface area contributed by atoms with Crippen LogP contribution >= 0.6 is 11.8 Å². The van der Waals surface area contributed by atoms with Gasteiger partial charge >= 0.3 is 0 Å². The highest BCUT2D eigenvalue weighted by molar-refractivity contribution is 8.15. The fourth-order valence-electron chi connectivity index (χ4n) is 2.67. The molecule has 0 spiro atoms. The molecule has 0 saturated carbocycles. The molecule has 31 heavy (non-hydrogen) atoms. The number of carbonyl (C=O) groups is 2. The molecule has 1 fully saturated rings. The number of nitro benzene ring substituents is 1. The molecule has 10 nitrogen and oxygen atoms in total. The van der Waals surface area contributed by atoms with E-state index in [2.05, 4.69) is 20.8 Å². The van der Waals surface area contributed by atoms with E-state index in [9.17, 15) is 19.7 Å². The number of amides is 2. The lowest BCUT2D eigenvalue weighted by atomic mass is 10.1. The largest absolute Gasteiger partial charge is 0.497 e. The number of ether oxygens (including phenoxy) is 1. The quantitative estimate of drug-likeness (QED) is 0.402. The molecule has 1 saturated heterocycles. The molecule has 2 aromatic rings. The first-order chi connectivity index (χ1) is 14.9. The summed E-state index contributed by atoms with van der Waals surface area (Å²) in [4.78, 5) is 34.9. The highest BCUT2D eigenvalue weighted by atomic mass is 32.2. The Kier molecular flexibility index (Phi) is 6.98. The lowest BCUT2D eigenvalue weighted by Crippen LogP contribution is -2.41. The van der Waals surface area contributed by atoms with Crippen molar-refractivity contribution in [1.82, 2.24) is 5.32 Å². The third-order valence-electron chi connectivity index (χ3n) is 4.29. The van der Waals surface area contributed by atoms with Crippen LogP contribution in [0.5, 0.6) is 5.75 Å². The Bertz CT molecular complexity index is 1070. The zero-order valence-electron chi connectivity index (χ0n) is 16.7. The first-order valence-electron chi connectivity index (χ1n) is 9.14. The number of hydrogen-bond donors (Lipinski definition) is 2. The summed E-state index contributed by atoms with van der Waals surface area (Å²) in [6, 6.07) is 12.8. The number of nitrogens with one attached hydrogen (secondary N) is 2. The Balaban J connectivity index is 1.70. The Morgan fingerprint density at radius 1 is 1.29 bits per heavy atom. The van der Waals surface area contributed by atoms with E-state index in [4.69, 9.17) is 4.74 Å². The molecule has 1 aliphatic heterocycles. The second-order valence-electron chi connectivity index (χ2n) is 6.47. The van der Waals surface area contributed by atoms with Gasteiger partial charge in [0.25, 0.3) is 5.69 Å². The number of nitrogens with zero attached hydrogens (tertiary/aromatic N) is 3. The second-order valence-corrected chi connectivity index (χ2v) is 7.67. The number of anilines is 1. The van der Waals surface area contributed by atoms with E-state index in [0.29, 0.717) is 5.71 Å². The summed E-state index contributed by atoms with van der Waals surface area (Å²) in [6.07, 6.45) is -0.0500. The fourth-order valence-corrected chi connectivity index (χ4v) is 3.60. The van der Waals surface area contributed by atoms with Crippen LogP contribution in [0.2, 0.25) is 0 Å². The van der Waals surface area contributed by atoms with Crippen molar-refractivity contribution in [1.29, 1.82) is 0 Å². The normalized spacial score (nSPS) is 17.7. The van der Waals surface area contributed by atoms with Crippen LogP contribution in [0.4, 0.5) is 11.4 Å². The molecule has 0 aliphatic carbocycles. The van der Waals surface area contributed by atoms with Crippen molar-refractivity contribution in [3.63, 3.8) is 0 Å². The summed E-state index contributed by atoms with van der Waals surface area (Å²) in [6.45, 7) is 1.77. The van der Waals surface area contributed by atoms with E-state index in [1.54, 1.807) is 26.2 Å². The van der Waals surface area contributed by atoms with Crippen LogP contribution < -0.4 is 15.4 Å². The Labute approximate surface area is 181 Å². The van der Waals surface area contributed by atoms with Crippen molar-refractivity contribution < 1.29 is 19.2 Å². The lowest BCUT2D eigenvalue weighted by Gasteiger charge is -2.21. The maximum Gasteiger partial charge on any atom is 0.271 e. The number of methoxy groups -OCH3 is 1. The molecule has 1 heterocycles. The molecule has 2 amide bonds. The maximum atomic E-state index is 12.6. The zero-order valence-corrected chi connectivity index (χ0v) is 17.5. The standard InChI is InChI=1S/C20H19N5O5S/c1-12(13-6-8-16(30-2)9-7-13)23-24-20-22-18(26)11-17(31-20)19(27)21-14-4-3-5-15(10-14)25(28)29/h3-10,17H,11H2,1-2H3,(H,21,27)(H,22,24,26)/b23-12-/t17-/m0/s1. The van der Waals surface area contributed by atoms with E-state index in [0.717, 1.165) is 23.1 Å². The summed E-state index contributed by atoms with van der Waals surface area (Å²) < 4.78 is 5.12. The molecule has 0 bridgehead atoms. The van der Waals surface area contributed by atoms with Gasteiger partial charge in [0.05, 0.1) is 17.7 Å². The topological polar surface area (TPSA) is 135 Å². The van der Waals surface area contributed by atoms with Crippen molar-refractivity contribution >= 4 is 45.8 Å². The Hall–Kier alpha value is -3.73. The summed E-state index contributed by atoms with van der Waals surface area (Å²) >= 11 is 1.06. The van der Waals surface area contributed by atoms with Crippen LogP contribution in [0.25, 0.3) is 0 Å². The first kappa shape index (κ1) is 22.0. The van der Waals surface area contributed by atoms with E-state index in [-0.39, 0.29) is 28.9 Å². The summed E-state index contributed by atoms with van der Waals surface area (Å²) in [5.74, 6) is -0.103. The van der Waals surface area contributed by atoms with Crippen LogP contribution in [-0.4, -0.2) is 40.0 Å². The highest BCUT2D eigenvalue weighted by Crippen LogP contribution is 2.24. The number of amidine groups is 1. The monoisotopic (exact) mass is 441 g/mol. The van der Waals surface area contributed by atoms with E-state index < -0.39 is 16.1 Å². The molecular formula is C20H19N5O5S. The van der Waals surface area contributed by atoms with Crippen molar-refractivity contribution in [3.8, 4) is 5.75 Å². The molecule has 1 atom stereocenters. The Morgan fingerprint density at radius 3 is 2.71 bits per heavy atom. The summed E-state index contributed by atoms with van der Waals surface area (Å²) in [5, 5.41) is 23.7. The molecule has 0 unspecified atom stereocenters. The minimum atomic E-state index is -0.747. The second kappa shape index (κ2) is 9.85. The average Bonchev–Trinajstić information content (AvgIpc) is 2.77. The SMILES string of the molecule is COc1ccc(/C(C)=N\N=C2/NC(=O)C[C@@H](C(=O)Nc3cccc([N+](=O)[O-])c3)S2)cc1. The van der Waals surface area contributed by atoms with Gasteiger partial charge in [0.2, 0.25) is 11.8 Å². The zero-order chi connectivity index (χ0) is 22.4. The van der Waals surface area contributed by atoms with Gasteiger partial charge in [-0.3, -0.25) is 19.7 Å². The molecular weight excluding hydrogens is 422 g/mol. The predicted octanol–water partition coefficient (Wildman–Crippen LogP) is 2.94. The predicted molar refractivity (Wildman–Crippen MR) is 119 cm³/mol. The van der Waals surface area contributed by atoms with Crippen LogP contribution in [0.3, 0.4) is 0 Å². The van der Waals surface area contributed by atoms with Crippen LogP contribution in [0.15, 0.2) is 58.7 Å². The molecule has 2 N–H and O–H groups in total. The van der Waals surface area contributed by atoms with Gasteiger partial charge in [0.15, 0.2) is 5.17 Å². The number of non-ortho nitro benzene ring substituents is 1. The maximum absolute atomic E-state index is 12.6. The summed E-state index contributed by atoms with van der Waals surface area (Å²) in [7, 11) is 1.58. The smallest absolute Gasteiger partial charge is 0.271 e. The lowest BCUT2D eigenvalue weighted by molar-refractivity contribution is -0.384. The van der Waals surface area contributed by atoms with Gasteiger partial charge in [-0.15, -0.1) is 5.10 Å². The minimum Gasteiger partial charge on any atom is -0.497 e. The van der Waals surface area contributed by atoms with Gasteiger partial charge in [-0.25, -0.2) is 0 Å². The summed E-state index contributed by atoms with van der Waals surface area (Å²) in [5.41, 5.74) is 1.58. The van der Waals surface area contributed by atoms with Gasteiger partial charge in [0, 0.05) is 24.2 Å². The number of rotatable bonds is 6. The molecule has 11 heteroatoms. The van der Waals surface area contributed by atoms with E-state index in [1.807, 2.05) is 12.1 Å². The number of nitro groups is 1. The van der Waals surface area contributed by atoms with Crippen molar-refractivity contribution in [2.45, 2.75) is 18.6 Å². The number of carbonyl (C=O) groups excluding carboxylic acids is 2. The van der Waals surface area contributed by atoms with Gasteiger partial charge in [-0.2, -0.15) is 5.10 Å². The first-order valence-corrected chi connectivity index (χ1v) is 10.0. The van der Waals surface area contributed by atoms with E-state index >= 15 is 0 Å². The van der Waals surface area contributed by atoms with Crippen molar-refractivity contribution in [2.24, 2.45) is 10.2 Å². The molecule has 2 aromatic carbocycles. The average molecular weight is 441 g/mol. The fraction of sp³-hybridized carbons (Fsp3) is 0.200. The van der Waals surface area contributed by atoms with Crippen LogP contribution in [-0.2, 0) is 9.59 Å². The van der Waals surface area contributed by atoms with Gasteiger partial charge < -0.3 is 15.4 Å². The number of benzene rings is 2. The van der Waals surface area contributed by atoms with Gasteiger partial charge in [-0.1, -0.05) is 17.8 Å². The van der Waals surface area contributed by atoms with Crippen molar-refractivity contribution in [3.05, 3.63) is 64.2 Å². The van der Waals surface area contributed by atoms with Crippen LogP contribution in [0, 0.1) is 10.1 Å². The molecule has 0 aromatic heterocycles. The van der Waals surface area contributed by atoms with Gasteiger partial charge in [0.1, 0.15) is 11.0 Å². The van der Waals surface area contributed by atoms with E-state index in [1.165, 1.54) is 24.3 Å². The third kappa shape index (κ3) is 5.89. The molecule has 3 rings (SSSR count). The number of thioether (sulfide) groups is 1. The minimum absolute atomic E-state index is 0.0500. The Morgan fingerprint density at radius 2 is 2.03 bits per heavy atom. The highest BCUT2D eigenvalue weighted by Gasteiger charge is 2.30. The van der Waals surface area contributed by atoms with Crippen LogP contribution in [0.1, 0.15) is 18.9 Å². The van der Waals surface area contributed by atoms with Gasteiger partial charge in [-0.05, 0) is 42.8 Å². The molecule has 0 radical (unpaired) electrons. The van der Waals surface area contributed by atoms with Crippen molar-refractivity contribution in [2.75, 3.05) is 12.4 Å². The number of hydrogen-bond acceptors (Lipinski definition) is 8.